The Bertz CT molecular complexity index is 244. The predicted octanol–water partition coefficient (Wildman–Crippen LogP) is 5.97. The van der Waals surface area contributed by atoms with Crippen molar-refractivity contribution in [1.29, 1.82) is 0 Å². The second kappa shape index (κ2) is 19.5. The summed E-state index contributed by atoms with van der Waals surface area (Å²) in [4.78, 5) is 11.3. The van der Waals surface area contributed by atoms with Crippen LogP contribution in [0.25, 0.3) is 0 Å². The van der Waals surface area contributed by atoms with Gasteiger partial charge in [0.05, 0.1) is 0 Å². The van der Waals surface area contributed by atoms with Crippen molar-refractivity contribution in [2.24, 2.45) is 0 Å². The number of hydrogen-bond donors (Lipinski definition) is 1. The van der Waals surface area contributed by atoms with Crippen LogP contribution in [0.1, 0.15) is 110 Å². The minimum Gasteiger partial charge on any atom is -0.364 e. The highest BCUT2D eigenvalue weighted by Crippen LogP contribution is 2.13. The monoisotopic (exact) mass is 327 g/mol. The highest BCUT2D eigenvalue weighted by molar-refractivity contribution is 5.75. The lowest BCUT2D eigenvalue weighted by molar-refractivity contribution is -0.122. The van der Waals surface area contributed by atoms with Gasteiger partial charge in [0.25, 0.3) is 0 Å². The van der Waals surface area contributed by atoms with Crippen LogP contribution in [0.3, 0.4) is 0 Å². The second-order valence-corrected chi connectivity index (χ2v) is 6.73. The van der Waals surface area contributed by atoms with E-state index in [1.54, 1.807) is 7.11 Å². The summed E-state index contributed by atoms with van der Waals surface area (Å²) in [6.07, 6.45) is 21.0. The average Bonchev–Trinajstić information content (AvgIpc) is 2.56. The Morgan fingerprint density at radius 2 is 1.09 bits per heavy atom. The van der Waals surface area contributed by atoms with Crippen molar-refractivity contribution in [2.45, 2.75) is 110 Å². The molecule has 0 aliphatic heterocycles. The second-order valence-electron chi connectivity index (χ2n) is 6.73. The third-order valence-electron chi connectivity index (χ3n) is 4.42. The van der Waals surface area contributed by atoms with Crippen molar-refractivity contribution in [3.8, 4) is 0 Å². The van der Waals surface area contributed by atoms with Gasteiger partial charge in [-0.25, -0.2) is 0 Å². The molecule has 3 nitrogen and oxygen atoms in total. The smallest absolute Gasteiger partial charge is 0.221 e. The fourth-order valence-corrected chi connectivity index (χ4v) is 2.90. The van der Waals surface area contributed by atoms with E-state index >= 15 is 0 Å². The molecule has 0 fully saturated rings. The van der Waals surface area contributed by atoms with Crippen LogP contribution in [0, 0.1) is 0 Å². The van der Waals surface area contributed by atoms with Gasteiger partial charge in [0.15, 0.2) is 0 Å². The van der Waals surface area contributed by atoms with Crippen LogP contribution in [0.4, 0.5) is 0 Å². The molecular formula is C20H41NO2. The van der Waals surface area contributed by atoms with Gasteiger partial charge in [0.1, 0.15) is 6.73 Å². The molecule has 0 rings (SSSR count). The number of rotatable bonds is 18. The summed E-state index contributed by atoms with van der Waals surface area (Å²) in [6, 6.07) is 0. The number of carbonyl (C=O) groups excluding carboxylic acids is 1. The molecule has 0 heterocycles. The van der Waals surface area contributed by atoms with Crippen molar-refractivity contribution < 1.29 is 9.53 Å². The molecule has 0 spiro atoms. The first kappa shape index (κ1) is 22.4. The third-order valence-corrected chi connectivity index (χ3v) is 4.42. The normalized spacial score (nSPS) is 10.9. The lowest BCUT2D eigenvalue weighted by Gasteiger charge is -2.04. The molecule has 3 heteroatoms. The number of nitrogens with one attached hydrogen (secondary N) is 1. The summed E-state index contributed by atoms with van der Waals surface area (Å²) in [7, 11) is 1.59. The summed E-state index contributed by atoms with van der Waals surface area (Å²) in [5.74, 6) is 0.113. The quantitative estimate of drug-likeness (QED) is 0.249. The molecule has 0 atom stereocenters. The van der Waals surface area contributed by atoms with Crippen LogP contribution in [0.5, 0.6) is 0 Å². The number of unbranched alkanes of at least 4 members (excludes halogenated alkanes) is 14. The van der Waals surface area contributed by atoms with Gasteiger partial charge in [-0.15, -0.1) is 0 Å². The molecule has 0 radical (unpaired) electrons. The number of ether oxygens (including phenoxy) is 1. The molecule has 138 valence electrons. The van der Waals surface area contributed by atoms with Crippen LogP contribution in [-0.4, -0.2) is 19.7 Å². The molecule has 1 amide bonds. The first-order valence-corrected chi connectivity index (χ1v) is 10.1. The molecule has 1 N–H and O–H groups in total. The molecular weight excluding hydrogens is 286 g/mol. The molecule has 0 saturated carbocycles. The fraction of sp³-hybridized carbons (Fsp3) is 0.950. The van der Waals surface area contributed by atoms with Crippen molar-refractivity contribution in [1.82, 2.24) is 5.32 Å². The van der Waals surface area contributed by atoms with Crippen molar-refractivity contribution in [3.05, 3.63) is 0 Å². The van der Waals surface area contributed by atoms with Crippen LogP contribution in [0.15, 0.2) is 0 Å². The molecule has 0 aromatic rings. The van der Waals surface area contributed by atoms with E-state index in [-0.39, 0.29) is 5.91 Å². The van der Waals surface area contributed by atoms with Crippen LogP contribution in [0.2, 0.25) is 0 Å². The Balaban J connectivity index is 3.04. The third kappa shape index (κ3) is 19.4. The molecule has 0 aliphatic carbocycles. The summed E-state index contributed by atoms with van der Waals surface area (Å²) in [5, 5.41) is 2.72. The maximum absolute atomic E-state index is 11.3. The summed E-state index contributed by atoms with van der Waals surface area (Å²) < 4.78 is 4.81. The van der Waals surface area contributed by atoms with E-state index < -0.39 is 0 Å². The Morgan fingerprint density at radius 3 is 1.48 bits per heavy atom. The molecule has 0 aromatic heterocycles. The van der Waals surface area contributed by atoms with E-state index in [2.05, 4.69) is 12.2 Å². The first-order valence-electron chi connectivity index (χ1n) is 10.1. The molecule has 23 heavy (non-hydrogen) atoms. The van der Waals surface area contributed by atoms with Gasteiger partial charge >= 0.3 is 0 Å². The van der Waals surface area contributed by atoms with Crippen LogP contribution < -0.4 is 5.32 Å². The molecule has 0 unspecified atom stereocenters. The maximum atomic E-state index is 11.3. The zero-order chi connectivity index (χ0) is 17.0. The molecule has 0 bridgehead atoms. The van der Waals surface area contributed by atoms with Crippen molar-refractivity contribution >= 4 is 5.91 Å². The van der Waals surface area contributed by atoms with Crippen molar-refractivity contribution in [3.63, 3.8) is 0 Å². The van der Waals surface area contributed by atoms with Crippen LogP contribution >= 0.6 is 0 Å². The Morgan fingerprint density at radius 1 is 0.696 bits per heavy atom. The topological polar surface area (TPSA) is 38.3 Å². The van der Waals surface area contributed by atoms with Gasteiger partial charge in [0, 0.05) is 13.5 Å². The predicted molar refractivity (Wildman–Crippen MR) is 99.6 cm³/mol. The lowest BCUT2D eigenvalue weighted by Crippen LogP contribution is -2.24. The summed E-state index contributed by atoms with van der Waals surface area (Å²) in [6.45, 7) is 2.61. The number of amides is 1. The van der Waals surface area contributed by atoms with E-state index in [0.29, 0.717) is 13.2 Å². The van der Waals surface area contributed by atoms with Gasteiger partial charge in [-0.1, -0.05) is 96.8 Å². The van der Waals surface area contributed by atoms with E-state index in [1.807, 2.05) is 0 Å². The summed E-state index contributed by atoms with van der Waals surface area (Å²) in [5.41, 5.74) is 0. The van der Waals surface area contributed by atoms with Crippen molar-refractivity contribution in [2.75, 3.05) is 13.8 Å². The van der Waals surface area contributed by atoms with Gasteiger partial charge < -0.3 is 10.1 Å². The molecule has 0 aliphatic rings. The first-order chi connectivity index (χ1) is 11.3. The van der Waals surface area contributed by atoms with Gasteiger partial charge in [0.2, 0.25) is 5.91 Å². The van der Waals surface area contributed by atoms with Crippen LogP contribution in [-0.2, 0) is 9.53 Å². The fourth-order valence-electron chi connectivity index (χ4n) is 2.90. The minimum absolute atomic E-state index is 0.113. The Kier molecular flexibility index (Phi) is 19.0. The average molecular weight is 328 g/mol. The Hall–Kier alpha value is -0.570. The number of methoxy groups -OCH3 is 1. The van der Waals surface area contributed by atoms with Gasteiger partial charge in [-0.2, -0.15) is 0 Å². The highest BCUT2D eigenvalue weighted by Gasteiger charge is 1.99. The van der Waals surface area contributed by atoms with Gasteiger partial charge in [-0.05, 0) is 6.42 Å². The standard InChI is InChI=1S/C20H41NO2/c1-3-4-5-6-7-8-9-10-11-12-13-14-15-16-17-18-20(22)21-19-23-2/h3-19H2,1-2H3,(H,21,22). The van der Waals surface area contributed by atoms with Gasteiger partial charge in [-0.3, -0.25) is 4.79 Å². The SMILES string of the molecule is CCCCCCCCCCCCCCCCCC(=O)NCOC. The van der Waals surface area contributed by atoms with E-state index in [1.165, 1.54) is 89.9 Å². The van der Waals surface area contributed by atoms with E-state index in [4.69, 9.17) is 4.74 Å². The van der Waals surface area contributed by atoms with E-state index in [0.717, 1.165) is 6.42 Å². The number of hydrogen-bond acceptors (Lipinski definition) is 2. The lowest BCUT2D eigenvalue weighted by atomic mass is 10.0. The number of carbonyl (C=O) groups is 1. The summed E-state index contributed by atoms with van der Waals surface area (Å²) >= 11 is 0. The highest BCUT2D eigenvalue weighted by atomic mass is 16.5. The minimum atomic E-state index is 0.113. The zero-order valence-electron chi connectivity index (χ0n) is 15.8. The largest absolute Gasteiger partial charge is 0.364 e. The molecule has 0 saturated heterocycles. The van der Waals surface area contributed by atoms with E-state index in [9.17, 15) is 4.79 Å². The Labute approximate surface area is 144 Å². The zero-order valence-corrected chi connectivity index (χ0v) is 15.8. The molecule has 0 aromatic carbocycles. The maximum Gasteiger partial charge on any atom is 0.221 e.